The smallest absolute Gasteiger partial charge is 0.311 e. The molecule has 0 aliphatic heterocycles. The molecule has 0 unspecified atom stereocenters. The van der Waals surface area contributed by atoms with E-state index in [9.17, 15) is 9.18 Å². The first-order valence-corrected chi connectivity index (χ1v) is 3.21. The molecule has 60 valence electrons. The molecular weight excluding hydrogens is 135 g/mol. The lowest BCUT2D eigenvalue weighted by Crippen LogP contribution is -2.23. The predicted octanol–water partition coefficient (Wildman–Crippen LogP) is 1.55. The van der Waals surface area contributed by atoms with Gasteiger partial charge in [-0.2, -0.15) is 0 Å². The van der Waals surface area contributed by atoms with Crippen LogP contribution in [0, 0.1) is 5.41 Å². The fourth-order valence-electron chi connectivity index (χ4n) is 0.348. The van der Waals surface area contributed by atoms with Gasteiger partial charge in [-0.15, -0.1) is 0 Å². The highest BCUT2D eigenvalue weighted by molar-refractivity contribution is 5.75. The zero-order valence-corrected chi connectivity index (χ0v) is 6.61. The topological polar surface area (TPSA) is 26.3 Å². The minimum absolute atomic E-state index is 0.129. The number of rotatable bonds is 2. The Hall–Kier alpha value is -0.600. The Labute approximate surface area is 60.4 Å². The van der Waals surface area contributed by atoms with Crippen LogP contribution in [-0.4, -0.2) is 19.3 Å². The van der Waals surface area contributed by atoms with E-state index in [1.54, 1.807) is 20.8 Å². The van der Waals surface area contributed by atoms with Crippen molar-refractivity contribution in [3.63, 3.8) is 0 Å². The van der Waals surface area contributed by atoms with Crippen LogP contribution in [0.15, 0.2) is 0 Å². The molecule has 0 saturated heterocycles. The summed E-state index contributed by atoms with van der Waals surface area (Å²) in [5.41, 5.74) is -0.519. The van der Waals surface area contributed by atoms with E-state index < -0.39 is 12.1 Å². The van der Waals surface area contributed by atoms with Gasteiger partial charge in [0.15, 0.2) is 0 Å². The van der Waals surface area contributed by atoms with Crippen molar-refractivity contribution in [1.29, 1.82) is 0 Å². The highest BCUT2D eigenvalue weighted by Crippen LogP contribution is 2.14. The van der Waals surface area contributed by atoms with E-state index in [2.05, 4.69) is 4.74 Å². The highest BCUT2D eigenvalue weighted by Gasteiger charge is 2.22. The van der Waals surface area contributed by atoms with E-state index in [1.807, 2.05) is 0 Å². The molecule has 0 heterocycles. The Kier molecular flexibility index (Phi) is 3.33. The van der Waals surface area contributed by atoms with Crippen molar-refractivity contribution in [2.45, 2.75) is 20.8 Å². The third-order valence-corrected chi connectivity index (χ3v) is 0.923. The van der Waals surface area contributed by atoms with Crippen molar-refractivity contribution in [2.24, 2.45) is 5.41 Å². The van der Waals surface area contributed by atoms with Gasteiger partial charge in [0, 0.05) is 0 Å². The van der Waals surface area contributed by atoms with Crippen LogP contribution in [-0.2, 0) is 9.53 Å². The Morgan fingerprint density at radius 2 is 2.00 bits per heavy atom. The van der Waals surface area contributed by atoms with Crippen LogP contribution in [0.2, 0.25) is 0 Å². The standard InChI is InChI=1S/C7H13FO2/c1-7(2,3)6(9)10-5-4-8/h4-5H2,1-3H3. The fraction of sp³-hybridized carbons (Fsp3) is 0.857. The maximum absolute atomic E-state index is 11.5. The van der Waals surface area contributed by atoms with Gasteiger partial charge in [-0.05, 0) is 20.8 Å². The molecule has 0 aliphatic rings. The molecular formula is C7H13FO2. The number of carbonyl (C=O) groups excluding carboxylic acids is 1. The van der Waals surface area contributed by atoms with Crippen LogP contribution in [0.1, 0.15) is 20.8 Å². The van der Waals surface area contributed by atoms with Gasteiger partial charge < -0.3 is 4.74 Å². The van der Waals surface area contributed by atoms with Crippen LogP contribution in [0.4, 0.5) is 4.39 Å². The number of alkyl halides is 1. The Balaban J connectivity index is 3.64. The lowest BCUT2D eigenvalue weighted by atomic mass is 9.97. The van der Waals surface area contributed by atoms with Crippen molar-refractivity contribution < 1.29 is 13.9 Å². The second-order valence-corrected chi connectivity index (χ2v) is 3.07. The molecule has 0 saturated carbocycles. The molecule has 0 bridgehead atoms. The molecule has 0 aliphatic carbocycles. The summed E-state index contributed by atoms with van der Waals surface area (Å²) in [4.78, 5) is 10.8. The van der Waals surface area contributed by atoms with Crippen molar-refractivity contribution >= 4 is 5.97 Å². The summed E-state index contributed by atoms with van der Waals surface area (Å²) in [6, 6.07) is 0. The van der Waals surface area contributed by atoms with E-state index in [0.717, 1.165) is 0 Å². The molecule has 0 spiro atoms. The second-order valence-electron chi connectivity index (χ2n) is 3.07. The first-order valence-electron chi connectivity index (χ1n) is 3.21. The van der Waals surface area contributed by atoms with E-state index in [4.69, 9.17) is 0 Å². The Morgan fingerprint density at radius 1 is 1.50 bits per heavy atom. The molecule has 10 heavy (non-hydrogen) atoms. The fourth-order valence-corrected chi connectivity index (χ4v) is 0.348. The molecule has 0 fully saturated rings. The lowest BCUT2D eigenvalue weighted by Gasteiger charge is -2.15. The summed E-state index contributed by atoms with van der Waals surface area (Å²) in [5, 5.41) is 0. The van der Waals surface area contributed by atoms with Gasteiger partial charge in [-0.1, -0.05) is 0 Å². The van der Waals surface area contributed by atoms with E-state index in [0.29, 0.717) is 0 Å². The first kappa shape index (κ1) is 9.40. The van der Waals surface area contributed by atoms with Gasteiger partial charge in [0.2, 0.25) is 0 Å². The summed E-state index contributed by atoms with van der Waals surface area (Å²) in [5.74, 6) is -0.356. The predicted molar refractivity (Wildman–Crippen MR) is 36.4 cm³/mol. The van der Waals surface area contributed by atoms with Crippen molar-refractivity contribution in [3.05, 3.63) is 0 Å². The summed E-state index contributed by atoms with van der Waals surface area (Å²) >= 11 is 0. The third kappa shape index (κ3) is 3.43. The average Bonchev–Trinajstić information content (AvgIpc) is 1.80. The molecule has 3 heteroatoms. The zero-order valence-electron chi connectivity index (χ0n) is 6.61. The quantitative estimate of drug-likeness (QED) is 0.555. The maximum Gasteiger partial charge on any atom is 0.311 e. The number of halogens is 1. The van der Waals surface area contributed by atoms with Crippen molar-refractivity contribution in [1.82, 2.24) is 0 Å². The monoisotopic (exact) mass is 148 g/mol. The minimum atomic E-state index is -0.609. The summed E-state index contributed by atoms with van der Waals surface area (Å²) in [6.45, 7) is 4.45. The molecule has 2 nitrogen and oxygen atoms in total. The van der Waals surface area contributed by atoms with Crippen LogP contribution in [0.5, 0.6) is 0 Å². The van der Waals surface area contributed by atoms with Crippen molar-refractivity contribution in [3.8, 4) is 0 Å². The van der Waals surface area contributed by atoms with Crippen molar-refractivity contribution in [2.75, 3.05) is 13.3 Å². The van der Waals surface area contributed by atoms with Gasteiger partial charge in [0.1, 0.15) is 13.3 Å². The van der Waals surface area contributed by atoms with Gasteiger partial charge in [0.05, 0.1) is 5.41 Å². The molecule has 0 rings (SSSR count). The van der Waals surface area contributed by atoms with Gasteiger partial charge >= 0.3 is 5.97 Å². The number of hydrogen-bond donors (Lipinski definition) is 0. The van der Waals surface area contributed by atoms with Crippen LogP contribution in [0.3, 0.4) is 0 Å². The molecule has 0 N–H and O–H groups in total. The lowest BCUT2D eigenvalue weighted by molar-refractivity contribution is -0.153. The molecule has 0 aromatic carbocycles. The molecule has 0 aromatic rings. The zero-order chi connectivity index (χ0) is 8.20. The van der Waals surface area contributed by atoms with Crippen LogP contribution >= 0.6 is 0 Å². The van der Waals surface area contributed by atoms with Gasteiger partial charge in [0.25, 0.3) is 0 Å². The normalized spacial score (nSPS) is 11.2. The van der Waals surface area contributed by atoms with E-state index >= 15 is 0 Å². The molecule has 0 amide bonds. The van der Waals surface area contributed by atoms with Crippen LogP contribution < -0.4 is 0 Å². The third-order valence-electron chi connectivity index (χ3n) is 0.923. The maximum atomic E-state index is 11.5. The number of esters is 1. The largest absolute Gasteiger partial charge is 0.463 e. The number of carbonyl (C=O) groups is 1. The van der Waals surface area contributed by atoms with Gasteiger partial charge in [-0.25, -0.2) is 4.39 Å². The average molecular weight is 148 g/mol. The SMILES string of the molecule is CC(C)(C)C(=O)OCCF. The number of ether oxygens (including phenoxy) is 1. The van der Waals surface area contributed by atoms with Gasteiger partial charge in [-0.3, -0.25) is 4.79 Å². The summed E-state index contributed by atoms with van der Waals surface area (Å²) < 4.78 is 16.0. The first-order chi connectivity index (χ1) is 4.48. The van der Waals surface area contributed by atoms with E-state index in [1.165, 1.54) is 0 Å². The van der Waals surface area contributed by atoms with Crippen LogP contribution in [0.25, 0.3) is 0 Å². The number of hydrogen-bond acceptors (Lipinski definition) is 2. The summed E-state index contributed by atoms with van der Waals surface area (Å²) in [7, 11) is 0. The second kappa shape index (κ2) is 3.54. The van der Waals surface area contributed by atoms with E-state index in [-0.39, 0.29) is 12.6 Å². The molecule has 0 aromatic heterocycles. The molecule has 0 radical (unpaired) electrons. The summed E-state index contributed by atoms with van der Waals surface area (Å²) in [6.07, 6.45) is 0. The highest BCUT2D eigenvalue weighted by atomic mass is 19.1. The molecule has 0 atom stereocenters. The minimum Gasteiger partial charge on any atom is -0.463 e. The Bertz CT molecular complexity index is 115. The Morgan fingerprint density at radius 3 is 2.30 bits per heavy atom.